The van der Waals surface area contributed by atoms with Gasteiger partial charge in [0.15, 0.2) is 0 Å². The first-order valence-electron chi connectivity index (χ1n) is 7.56. The van der Waals surface area contributed by atoms with Gasteiger partial charge in [-0.3, -0.25) is 14.6 Å². The van der Waals surface area contributed by atoms with Crippen LogP contribution in [-0.4, -0.2) is 34.8 Å². The Morgan fingerprint density at radius 3 is 2.58 bits per heavy atom. The van der Waals surface area contributed by atoms with E-state index in [-0.39, 0.29) is 11.4 Å². The maximum Gasteiger partial charge on any atom is 0.455 e. The topological polar surface area (TPSA) is 50.3 Å². The second-order valence-corrected chi connectivity index (χ2v) is 6.77. The number of amides is 1. The number of Topliss-reactive ketones (excluding diaryl/α,β-unsaturated/α-hetero) is 1. The minimum Gasteiger partial charge on any atom is -0.337 e. The molecule has 26 heavy (non-hydrogen) atoms. The second-order valence-electron chi connectivity index (χ2n) is 5.68. The molecular formula is C18H13F3N2O2S. The van der Waals surface area contributed by atoms with Crippen LogP contribution in [0.3, 0.4) is 0 Å². The summed E-state index contributed by atoms with van der Waals surface area (Å²) in [7, 11) is 1.55. The van der Waals surface area contributed by atoms with Crippen molar-refractivity contribution in [2.45, 2.75) is 12.7 Å². The molecule has 0 saturated heterocycles. The van der Waals surface area contributed by atoms with Gasteiger partial charge in [-0.15, -0.1) is 11.3 Å². The van der Waals surface area contributed by atoms with Crippen molar-refractivity contribution in [1.29, 1.82) is 0 Å². The predicted octanol–water partition coefficient (Wildman–Crippen LogP) is 4.31. The van der Waals surface area contributed by atoms with Gasteiger partial charge in [0.25, 0.3) is 11.7 Å². The van der Waals surface area contributed by atoms with Crippen molar-refractivity contribution in [3.05, 3.63) is 64.0 Å². The molecular weight excluding hydrogens is 365 g/mol. The first-order valence-corrected chi connectivity index (χ1v) is 8.38. The van der Waals surface area contributed by atoms with Crippen molar-refractivity contribution < 1.29 is 22.8 Å². The number of aromatic nitrogens is 1. The molecule has 3 aromatic rings. The van der Waals surface area contributed by atoms with Gasteiger partial charge in [0.1, 0.15) is 0 Å². The predicted molar refractivity (Wildman–Crippen MR) is 92.2 cm³/mol. The minimum atomic E-state index is -4.95. The number of hydrogen-bond donors (Lipinski definition) is 0. The molecule has 134 valence electrons. The Hall–Kier alpha value is -2.74. The molecule has 0 spiro atoms. The smallest absolute Gasteiger partial charge is 0.337 e. The Morgan fingerprint density at radius 2 is 1.85 bits per heavy atom. The van der Waals surface area contributed by atoms with Crippen molar-refractivity contribution in [3.8, 4) is 0 Å². The first kappa shape index (κ1) is 18.1. The summed E-state index contributed by atoms with van der Waals surface area (Å²) in [5, 5.41) is 0.971. The van der Waals surface area contributed by atoms with Crippen molar-refractivity contribution in [2.75, 3.05) is 7.05 Å². The number of thiophene rings is 1. The third-order valence-electron chi connectivity index (χ3n) is 3.73. The number of pyridine rings is 1. The molecule has 2 heterocycles. The normalized spacial score (nSPS) is 11.5. The molecule has 0 radical (unpaired) electrons. The van der Waals surface area contributed by atoms with Crippen molar-refractivity contribution in [2.24, 2.45) is 0 Å². The molecule has 0 bridgehead atoms. The number of ketones is 1. The standard InChI is InChI=1S/C18H13F3N2O2S/c1-23(10-11-4-5-12-3-2-8-22-13(12)9-11)17(25)15-7-6-14(26-15)16(24)18(19,20)21/h2-9H,10H2,1H3. The van der Waals surface area contributed by atoms with Crippen LogP contribution in [0.25, 0.3) is 10.9 Å². The number of fused-ring (bicyclic) bond motifs is 1. The van der Waals surface area contributed by atoms with Crippen LogP contribution in [0, 0.1) is 0 Å². The highest BCUT2D eigenvalue weighted by molar-refractivity contribution is 7.16. The molecule has 0 aliphatic heterocycles. The van der Waals surface area contributed by atoms with Crippen LogP contribution in [0.2, 0.25) is 0 Å². The van der Waals surface area contributed by atoms with Gasteiger partial charge in [0.05, 0.1) is 15.3 Å². The molecule has 4 nitrogen and oxygen atoms in total. The number of halogens is 3. The highest BCUT2D eigenvalue weighted by atomic mass is 32.1. The van der Waals surface area contributed by atoms with Crippen LogP contribution in [-0.2, 0) is 6.54 Å². The number of hydrogen-bond acceptors (Lipinski definition) is 4. The molecule has 1 amide bonds. The Bertz CT molecular complexity index is 982. The number of carbonyl (C=O) groups excluding carboxylic acids is 2. The van der Waals surface area contributed by atoms with E-state index in [1.165, 1.54) is 11.0 Å². The van der Waals surface area contributed by atoms with Crippen LogP contribution < -0.4 is 0 Å². The van der Waals surface area contributed by atoms with E-state index < -0.39 is 22.7 Å². The van der Waals surface area contributed by atoms with E-state index >= 15 is 0 Å². The largest absolute Gasteiger partial charge is 0.455 e. The molecule has 0 aliphatic carbocycles. The lowest BCUT2D eigenvalue weighted by Crippen LogP contribution is -2.25. The Kier molecular flexibility index (Phi) is 4.78. The zero-order chi connectivity index (χ0) is 18.9. The van der Waals surface area contributed by atoms with E-state index in [4.69, 9.17) is 0 Å². The molecule has 1 aromatic carbocycles. The van der Waals surface area contributed by atoms with E-state index in [1.807, 2.05) is 30.3 Å². The summed E-state index contributed by atoms with van der Waals surface area (Å²) in [6.07, 6.45) is -3.28. The molecule has 0 N–H and O–H groups in total. The molecule has 0 fully saturated rings. The molecule has 2 aromatic heterocycles. The summed E-state index contributed by atoms with van der Waals surface area (Å²) in [4.78, 5) is 28.9. The van der Waals surface area contributed by atoms with E-state index in [2.05, 4.69) is 4.98 Å². The summed E-state index contributed by atoms with van der Waals surface area (Å²) in [5.41, 5.74) is 1.63. The number of benzene rings is 1. The van der Waals surface area contributed by atoms with Crippen molar-refractivity contribution in [1.82, 2.24) is 9.88 Å². The second kappa shape index (κ2) is 6.87. The average Bonchev–Trinajstić information content (AvgIpc) is 3.09. The van der Waals surface area contributed by atoms with Crippen LogP contribution >= 0.6 is 11.3 Å². The highest BCUT2D eigenvalue weighted by Crippen LogP contribution is 2.27. The number of rotatable bonds is 4. The lowest BCUT2D eigenvalue weighted by molar-refractivity contribution is -0.0882. The quantitative estimate of drug-likeness (QED) is 0.636. The summed E-state index contributed by atoms with van der Waals surface area (Å²) in [6, 6.07) is 11.6. The van der Waals surface area contributed by atoms with Crippen molar-refractivity contribution >= 4 is 33.9 Å². The fraction of sp³-hybridized carbons (Fsp3) is 0.167. The summed E-state index contributed by atoms with van der Waals surface area (Å²) in [5.74, 6) is -2.39. The van der Waals surface area contributed by atoms with Gasteiger partial charge in [-0.1, -0.05) is 18.2 Å². The fourth-order valence-corrected chi connectivity index (χ4v) is 3.42. The van der Waals surface area contributed by atoms with Crippen LogP contribution in [0.5, 0.6) is 0 Å². The van der Waals surface area contributed by atoms with E-state index in [1.54, 1.807) is 13.2 Å². The van der Waals surface area contributed by atoms with Crippen LogP contribution in [0.15, 0.2) is 48.7 Å². The third-order valence-corrected chi connectivity index (χ3v) is 4.81. The fourth-order valence-electron chi connectivity index (χ4n) is 2.46. The van der Waals surface area contributed by atoms with E-state index in [0.717, 1.165) is 22.5 Å². The summed E-state index contributed by atoms with van der Waals surface area (Å²) < 4.78 is 37.4. The molecule has 0 saturated carbocycles. The van der Waals surface area contributed by atoms with Gasteiger partial charge >= 0.3 is 6.18 Å². The number of nitrogens with zero attached hydrogens (tertiary/aromatic N) is 2. The molecule has 0 atom stereocenters. The zero-order valence-electron chi connectivity index (χ0n) is 13.6. The minimum absolute atomic E-state index is 0.0824. The Labute approximate surface area is 150 Å². The van der Waals surface area contributed by atoms with Gasteiger partial charge in [-0.2, -0.15) is 13.2 Å². The Morgan fingerprint density at radius 1 is 1.12 bits per heavy atom. The molecule has 3 rings (SSSR count). The SMILES string of the molecule is CN(Cc1ccc2cccnc2c1)C(=O)c1ccc(C(=O)C(F)(F)F)s1. The van der Waals surface area contributed by atoms with Gasteiger partial charge in [-0.05, 0) is 29.8 Å². The summed E-state index contributed by atoms with van der Waals surface area (Å²) >= 11 is 0.544. The van der Waals surface area contributed by atoms with Crippen LogP contribution in [0.4, 0.5) is 13.2 Å². The lowest BCUT2D eigenvalue weighted by atomic mass is 10.1. The molecule has 0 unspecified atom stereocenters. The number of carbonyl (C=O) groups is 2. The number of alkyl halides is 3. The maximum absolute atomic E-state index is 12.5. The maximum atomic E-state index is 12.5. The van der Waals surface area contributed by atoms with Crippen molar-refractivity contribution in [3.63, 3.8) is 0 Å². The summed E-state index contributed by atoms with van der Waals surface area (Å²) in [6.45, 7) is 0.270. The Balaban J connectivity index is 1.75. The first-order chi connectivity index (χ1) is 12.3. The van der Waals surface area contributed by atoms with Gasteiger partial charge < -0.3 is 4.90 Å². The van der Waals surface area contributed by atoms with Gasteiger partial charge in [0, 0.05) is 25.2 Å². The van der Waals surface area contributed by atoms with E-state index in [9.17, 15) is 22.8 Å². The van der Waals surface area contributed by atoms with Gasteiger partial charge in [0.2, 0.25) is 0 Å². The van der Waals surface area contributed by atoms with Gasteiger partial charge in [-0.25, -0.2) is 0 Å². The lowest BCUT2D eigenvalue weighted by Gasteiger charge is -2.16. The molecule has 8 heteroatoms. The zero-order valence-corrected chi connectivity index (χ0v) is 14.4. The van der Waals surface area contributed by atoms with E-state index in [0.29, 0.717) is 11.3 Å². The monoisotopic (exact) mass is 378 g/mol. The van der Waals surface area contributed by atoms with Crippen LogP contribution in [0.1, 0.15) is 24.9 Å². The molecule has 0 aliphatic rings. The average molecular weight is 378 g/mol. The third kappa shape index (κ3) is 3.75. The highest BCUT2D eigenvalue weighted by Gasteiger charge is 2.40.